The lowest BCUT2D eigenvalue weighted by molar-refractivity contribution is 0.172. The molecule has 1 aromatic heterocycles. The Morgan fingerprint density at radius 1 is 1.21 bits per heavy atom. The summed E-state index contributed by atoms with van der Waals surface area (Å²) in [7, 11) is 0. The fourth-order valence-corrected chi connectivity index (χ4v) is 4.46. The summed E-state index contributed by atoms with van der Waals surface area (Å²) in [6.07, 6.45) is -0.664. The van der Waals surface area contributed by atoms with Crippen molar-refractivity contribution in [2.24, 2.45) is 0 Å². The number of nitrogens with one attached hydrogen (secondary N) is 2. The van der Waals surface area contributed by atoms with Crippen LogP contribution in [0, 0.1) is 13.8 Å². The zero-order valence-corrected chi connectivity index (χ0v) is 18.1. The highest BCUT2D eigenvalue weighted by atomic mass is 32.2. The van der Waals surface area contributed by atoms with Gasteiger partial charge in [0.25, 0.3) is 0 Å². The highest BCUT2D eigenvalue weighted by molar-refractivity contribution is 7.77. The van der Waals surface area contributed by atoms with Gasteiger partial charge >= 0.3 is 0 Å². The van der Waals surface area contributed by atoms with Gasteiger partial charge in [-0.1, -0.05) is 24.3 Å². The van der Waals surface area contributed by atoms with E-state index in [0.717, 1.165) is 16.9 Å². The van der Waals surface area contributed by atoms with Crippen LogP contribution in [0.1, 0.15) is 27.7 Å². The number of hydrogen-bond donors (Lipinski definition) is 4. The van der Waals surface area contributed by atoms with Crippen LogP contribution in [0.2, 0.25) is 0 Å². The predicted molar refractivity (Wildman–Crippen MR) is 119 cm³/mol. The van der Waals surface area contributed by atoms with Crippen molar-refractivity contribution >= 4 is 32.7 Å². The first-order valence-electron chi connectivity index (χ1n) is 9.38. The van der Waals surface area contributed by atoms with Gasteiger partial charge in [0.2, 0.25) is 11.3 Å². The van der Waals surface area contributed by atoms with Gasteiger partial charge in [-0.25, -0.2) is 8.93 Å². The molecule has 6 nitrogen and oxygen atoms in total. The third-order valence-corrected chi connectivity index (χ3v) is 6.33. The molecule has 0 aliphatic carbocycles. The Labute approximate surface area is 177 Å². The molecule has 0 bridgehead atoms. The number of hydrogen-bond acceptors (Lipinski definition) is 5. The third kappa shape index (κ3) is 6.08. The predicted octanol–water partition coefficient (Wildman–Crippen LogP) is 3.45. The summed E-state index contributed by atoms with van der Waals surface area (Å²) < 4.78 is 29.0. The van der Waals surface area contributed by atoms with E-state index >= 15 is 0 Å². The van der Waals surface area contributed by atoms with Gasteiger partial charge in [-0.3, -0.25) is 4.55 Å². The van der Waals surface area contributed by atoms with E-state index in [4.69, 9.17) is 9.29 Å². The molecule has 3 aromatic rings. The molecule has 3 rings (SSSR count). The molecule has 0 amide bonds. The SMILES string of the molecule is Cc1sc2cc(OCCNCC(O)c3cccc(CNS(=O)O)c3)ccc2c1C. The van der Waals surface area contributed by atoms with E-state index in [0.29, 0.717) is 19.7 Å². The normalized spacial score (nSPS) is 13.5. The maximum atomic E-state index is 10.7. The molecule has 0 saturated carbocycles. The molecule has 2 atom stereocenters. The number of fused-ring (bicyclic) bond motifs is 1. The highest BCUT2D eigenvalue weighted by Crippen LogP contribution is 2.32. The summed E-state index contributed by atoms with van der Waals surface area (Å²) in [5.74, 6) is 0.850. The van der Waals surface area contributed by atoms with Crippen molar-refractivity contribution in [1.29, 1.82) is 0 Å². The Morgan fingerprint density at radius 2 is 2.03 bits per heavy atom. The minimum absolute atomic E-state index is 0.262. The molecular weight excluding hydrogens is 408 g/mol. The van der Waals surface area contributed by atoms with Crippen LogP contribution in [-0.2, 0) is 17.8 Å². The van der Waals surface area contributed by atoms with E-state index < -0.39 is 17.4 Å². The van der Waals surface area contributed by atoms with Crippen molar-refractivity contribution in [1.82, 2.24) is 10.0 Å². The maximum Gasteiger partial charge on any atom is 0.232 e. The van der Waals surface area contributed by atoms with Crippen molar-refractivity contribution in [3.8, 4) is 5.75 Å². The molecule has 0 radical (unpaired) electrons. The average Bonchev–Trinajstić information content (AvgIpc) is 2.99. The van der Waals surface area contributed by atoms with Crippen LogP contribution in [0.15, 0.2) is 42.5 Å². The van der Waals surface area contributed by atoms with E-state index in [1.807, 2.05) is 30.3 Å². The molecule has 156 valence electrons. The minimum atomic E-state index is -2.05. The molecule has 2 aromatic carbocycles. The Bertz CT molecular complexity index is 990. The number of aryl methyl sites for hydroxylation is 2. The van der Waals surface area contributed by atoms with Crippen molar-refractivity contribution < 1.29 is 18.6 Å². The molecule has 0 aliphatic rings. The number of rotatable bonds is 10. The Kier molecular flexibility index (Phi) is 7.77. The third-order valence-electron chi connectivity index (χ3n) is 4.77. The molecule has 0 spiro atoms. The lowest BCUT2D eigenvalue weighted by atomic mass is 10.1. The number of ether oxygens (including phenoxy) is 1. The van der Waals surface area contributed by atoms with Crippen molar-refractivity contribution in [2.45, 2.75) is 26.5 Å². The maximum absolute atomic E-state index is 10.7. The lowest BCUT2D eigenvalue weighted by Gasteiger charge is -2.14. The quantitative estimate of drug-likeness (QED) is 0.290. The molecular formula is C21H26N2O4S2. The Hall–Kier alpha value is -1.81. The number of aliphatic hydroxyl groups excluding tert-OH is 1. The second-order valence-corrected chi connectivity index (χ2v) is 8.87. The second kappa shape index (κ2) is 10.3. The summed E-state index contributed by atoms with van der Waals surface area (Å²) >= 11 is -0.272. The van der Waals surface area contributed by atoms with Crippen LogP contribution >= 0.6 is 11.3 Å². The molecule has 2 unspecified atom stereocenters. The minimum Gasteiger partial charge on any atom is -0.492 e. The van der Waals surface area contributed by atoms with E-state index in [2.05, 4.69) is 36.0 Å². The van der Waals surface area contributed by atoms with Gasteiger partial charge in [-0.05, 0) is 54.1 Å². The van der Waals surface area contributed by atoms with Gasteiger partial charge in [0.15, 0.2) is 0 Å². The molecule has 0 aliphatic heterocycles. The summed E-state index contributed by atoms with van der Waals surface area (Å²) in [6.45, 7) is 6.06. The second-order valence-electron chi connectivity index (χ2n) is 6.82. The van der Waals surface area contributed by atoms with Gasteiger partial charge in [0.1, 0.15) is 12.4 Å². The molecule has 0 fully saturated rings. The van der Waals surface area contributed by atoms with Crippen molar-refractivity contribution in [2.75, 3.05) is 19.7 Å². The van der Waals surface area contributed by atoms with Crippen LogP contribution in [0.25, 0.3) is 10.1 Å². The van der Waals surface area contributed by atoms with Gasteiger partial charge in [-0.2, -0.15) is 0 Å². The zero-order chi connectivity index (χ0) is 20.8. The fourth-order valence-electron chi connectivity index (χ4n) is 3.07. The topological polar surface area (TPSA) is 90.8 Å². The van der Waals surface area contributed by atoms with E-state index in [-0.39, 0.29) is 6.54 Å². The van der Waals surface area contributed by atoms with Crippen LogP contribution in [0.4, 0.5) is 0 Å². The average molecular weight is 435 g/mol. The van der Waals surface area contributed by atoms with Gasteiger partial charge < -0.3 is 15.2 Å². The lowest BCUT2D eigenvalue weighted by Crippen LogP contribution is -2.26. The summed E-state index contributed by atoms with van der Waals surface area (Å²) in [4.78, 5) is 1.33. The molecule has 0 saturated heterocycles. The molecule has 29 heavy (non-hydrogen) atoms. The first-order valence-corrected chi connectivity index (χ1v) is 11.3. The molecule has 8 heteroatoms. The Balaban J connectivity index is 1.43. The number of aliphatic hydroxyl groups is 1. The summed E-state index contributed by atoms with van der Waals surface area (Å²) in [5.41, 5.74) is 2.92. The highest BCUT2D eigenvalue weighted by Gasteiger charge is 2.09. The van der Waals surface area contributed by atoms with Crippen LogP contribution < -0.4 is 14.8 Å². The van der Waals surface area contributed by atoms with Gasteiger partial charge in [0.05, 0.1) is 6.10 Å². The first kappa shape index (κ1) is 21.9. The zero-order valence-electron chi connectivity index (χ0n) is 16.5. The smallest absolute Gasteiger partial charge is 0.232 e. The number of thiophene rings is 1. The molecule has 1 heterocycles. The van der Waals surface area contributed by atoms with Crippen molar-refractivity contribution in [3.05, 3.63) is 64.0 Å². The van der Waals surface area contributed by atoms with E-state index in [1.54, 1.807) is 11.3 Å². The Morgan fingerprint density at radius 3 is 2.83 bits per heavy atom. The van der Waals surface area contributed by atoms with Gasteiger partial charge in [0, 0.05) is 29.2 Å². The number of benzene rings is 2. The standard InChI is InChI=1S/C21H26N2O4S2/c1-14-15(2)28-21-11-18(6-7-19(14)21)27-9-8-22-13-20(24)17-5-3-4-16(10-17)12-23-29(25)26/h3-7,10-11,20,22-24H,8-9,12-13H2,1-2H3,(H,25,26). The van der Waals surface area contributed by atoms with Crippen LogP contribution in [0.5, 0.6) is 5.75 Å². The van der Waals surface area contributed by atoms with Gasteiger partial charge in [-0.15, -0.1) is 11.3 Å². The largest absolute Gasteiger partial charge is 0.492 e. The summed E-state index contributed by atoms with van der Waals surface area (Å²) in [6, 6.07) is 13.5. The van der Waals surface area contributed by atoms with Crippen LogP contribution in [0.3, 0.4) is 0 Å². The summed E-state index contributed by atoms with van der Waals surface area (Å²) in [5, 5.41) is 14.8. The van der Waals surface area contributed by atoms with E-state index in [9.17, 15) is 9.32 Å². The van der Waals surface area contributed by atoms with Crippen molar-refractivity contribution in [3.63, 3.8) is 0 Å². The first-order chi connectivity index (χ1) is 13.9. The molecule has 4 N–H and O–H groups in total. The van der Waals surface area contributed by atoms with E-state index in [1.165, 1.54) is 20.5 Å². The fraction of sp³-hybridized carbons (Fsp3) is 0.333. The van der Waals surface area contributed by atoms with Crippen LogP contribution in [-0.4, -0.2) is 33.6 Å². The monoisotopic (exact) mass is 434 g/mol.